The number of rotatable bonds is 5. The van der Waals surface area contributed by atoms with Crippen LogP contribution in [0.4, 0.5) is 4.39 Å². The highest BCUT2D eigenvalue weighted by Crippen LogP contribution is 2.20. The van der Waals surface area contributed by atoms with Crippen molar-refractivity contribution in [2.45, 2.75) is 12.7 Å². The van der Waals surface area contributed by atoms with E-state index in [1.807, 2.05) is 13.0 Å². The van der Waals surface area contributed by atoms with Crippen LogP contribution in [0.5, 0.6) is 0 Å². The van der Waals surface area contributed by atoms with Crippen LogP contribution in [0.25, 0.3) is 11.5 Å². The van der Waals surface area contributed by atoms with E-state index in [-0.39, 0.29) is 5.82 Å². The van der Waals surface area contributed by atoms with E-state index in [1.165, 1.54) is 12.1 Å². The first-order valence-corrected chi connectivity index (χ1v) is 6.72. The summed E-state index contributed by atoms with van der Waals surface area (Å²) >= 11 is 1.69. The molecular weight excluding hydrogens is 251 g/mol. The van der Waals surface area contributed by atoms with Crippen LogP contribution in [0.15, 0.2) is 40.8 Å². The van der Waals surface area contributed by atoms with Crippen LogP contribution in [0.2, 0.25) is 0 Å². The summed E-state index contributed by atoms with van der Waals surface area (Å²) in [5.41, 5.74) is 0.604. The average molecular weight is 264 g/mol. The molecule has 0 unspecified atom stereocenters. The quantitative estimate of drug-likeness (QED) is 0.610. The molecule has 2 aromatic rings. The lowest BCUT2D eigenvalue weighted by Gasteiger charge is -1.94. The molecule has 0 saturated heterocycles. The van der Waals surface area contributed by atoms with Crippen LogP contribution < -0.4 is 0 Å². The van der Waals surface area contributed by atoms with Gasteiger partial charge in [0.1, 0.15) is 5.82 Å². The van der Waals surface area contributed by atoms with E-state index in [0.29, 0.717) is 23.1 Å². The molecule has 94 valence electrons. The molecule has 0 amide bonds. The molecule has 5 heteroatoms. The van der Waals surface area contributed by atoms with Gasteiger partial charge in [-0.1, -0.05) is 18.2 Å². The van der Waals surface area contributed by atoms with Crippen molar-refractivity contribution in [3.63, 3.8) is 0 Å². The second kappa shape index (κ2) is 6.35. The number of halogens is 1. The smallest absolute Gasteiger partial charge is 0.247 e. The van der Waals surface area contributed by atoms with Crippen LogP contribution in [-0.4, -0.2) is 16.0 Å². The fourth-order valence-corrected chi connectivity index (χ4v) is 2.10. The largest absolute Gasteiger partial charge is 0.420 e. The fraction of sp³-hybridized carbons (Fsp3) is 0.231. The van der Waals surface area contributed by atoms with Gasteiger partial charge in [0.25, 0.3) is 0 Å². The van der Waals surface area contributed by atoms with Crippen molar-refractivity contribution in [2.75, 3.05) is 5.75 Å². The summed E-state index contributed by atoms with van der Waals surface area (Å²) in [5, 5.41) is 7.85. The van der Waals surface area contributed by atoms with Crippen LogP contribution in [0.3, 0.4) is 0 Å². The van der Waals surface area contributed by atoms with E-state index in [1.54, 1.807) is 23.9 Å². The van der Waals surface area contributed by atoms with E-state index >= 15 is 0 Å². The molecule has 0 atom stereocenters. The Morgan fingerprint density at radius 2 is 2.28 bits per heavy atom. The molecule has 0 aliphatic heterocycles. The van der Waals surface area contributed by atoms with Crippen LogP contribution >= 0.6 is 11.8 Å². The number of thioether (sulfide) groups is 1. The minimum Gasteiger partial charge on any atom is -0.420 e. The number of allylic oxidation sites excluding steroid dienone is 1. The summed E-state index contributed by atoms with van der Waals surface area (Å²) in [6, 6.07) is 6.13. The Morgan fingerprint density at radius 3 is 3.06 bits per heavy atom. The summed E-state index contributed by atoms with van der Waals surface area (Å²) in [5.74, 6) is 2.18. The van der Waals surface area contributed by atoms with Gasteiger partial charge in [0.05, 0.1) is 5.75 Å². The topological polar surface area (TPSA) is 38.9 Å². The lowest BCUT2D eigenvalue weighted by atomic mass is 10.2. The Labute approximate surface area is 109 Å². The second-order valence-corrected chi connectivity index (χ2v) is 4.63. The molecule has 0 fully saturated rings. The van der Waals surface area contributed by atoms with Gasteiger partial charge in [0.15, 0.2) is 0 Å². The van der Waals surface area contributed by atoms with Crippen molar-refractivity contribution in [2.24, 2.45) is 0 Å². The Balaban J connectivity index is 2.01. The average Bonchev–Trinajstić information content (AvgIpc) is 2.83. The molecule has 3 nitrogen and oxygen atoms in total. The molecule has 0 spiro atoms. The maximum atomic E-state index is 13.0. The van der Waals surface area contributed by atoms with Gasteiger partial charge >= 0.3 is 0 Å². The van der Waals surface area contributed by atoms with Crippen molar-refractivity contribution in [3.05, 3.63) is 48.1 Å². The first-order valence-electron chi connectivity index (χ1n) is 5.57. The molecule has 0 aliphatic carbocycles. The van der Waals surface area contributed by atoms with Crippen molar-refractivity contribution in [1.82, 2.24) is 10.2 Å². The molecule has 1 aromatic carbocycles. The zero-order chi connectivity index (χ0) is 12.8. The van der Waals surface area contributed by atoms with Gasteiger partial charge in [-0.05, 0) is 25.1 Å². The van der Waals surface area contributed by atoms with Crippen molar-refractivity contribution < 1.29 is 8.81 Å². The molecular formula is C13H13FN2OS. The molecule has 0 radical (unpaired) electrons. The normalized spacial score (nSPS) is 11.2. The summed E-state index contributed by atoms with van der Waals surface area (Å²) in [6.07, 6.45) is 4.06. The highest BCUT2D eigenvalue weighted by Gasteiger charge is 2.08. The third-order valence-electron chi connectivity index (χ3n) is 2.21. The SMILES string of the molecule is CC=CCSCc1nnc(-c2cccc(F)c2)o1. The first kappa shape index (κ1) is 12.8. The Hall–Kier alpha value is -1.62. The van der Waals surface area contributed by atoms with E-state index in [2.05, 4.69) is 16.3 Å². The van der Waals surface area contributed by atoms with Crippen LogP contribution in [0, 0.1) is 5.82 Å². The predicted molar refractivity (Wildman–Crippen MR) is 70.7 cm³/mol. The lowest BCUT2D eigenvalue weighted by Crippen LogP contribution is -1.80. The Kier molecular flexibility index (Phi) is 4.52. The summed E-state index contributed by atoms with van der Waals surface area (Å²) in [7, 11) is 0. The summed E-state index contributed by atoms with van der Waals surface area (Å²) in [6.45, 7) is 1.98. The molecule has 0 aliphatic rings. The van der Waals surface area contributed by atoms with Crippen LogP contribution in [-0.2, 0) is 5.75 Å². The molecule has 0 saturated carbocycles. The molecule has 2 rings (SSSR count). The standard InChI is InChI=1S/C13H13FN2OS/c1-2-3-7-18-9-12-15-16-13(17-12)10-5-4-6-11(14)8-10/h2-6,8H,7,9H2,1H3. The fourth-order valence-electron chi connectivity index (χ4n) is 1.36. The zero-order valence-electron chi connectivity index (χ0n) is 9.97. The maximum absolute atomic E-state index is 13.0. The molecule has 0 N–H and O–H groups in total. The predicted octanol–water partition coefficient (Wildman–Crippen LogP) is 3.69. The summed E-state index contributed by atoms with van der Waals surface area (Å²) < 4.78 is 18.5. The number of hydrogen-bond donors (Lipinski definition) is 0. The number of nitrogens with zero attached hydrogens (tertiary/aromatic N) is 2. The van der Waals surface area contributed by atoms with Gasteiger partial charge < -0.3 is 4.42 Å². The van der Waals surface area contributed by atoms with Crippen LogP contribution in [0.1, 0.15) is 12.8 Å². The molecule has 1 aromatic heterocycles. The van der Waals surface area contributed by atoms with E-state index < -0.39 is 0 Å². The lowest BCUT2D eigenvalue weighted by molar-refractivity contribution is 0.527. The molecule has 0 bridgehead atoms. The third kappa shape index (κ3) is 3.43. The maximum Gasteiger partial charge on any atom is 0.247 e. The number of hydrogen-bond acceptors (Lipinski definition) is 4. The highest BCUT2D eigenvalue weighted by molar-refractivity contribution is 7.98. The first-order chi connectivity index (χ1) is 8.79. The second-order valence-electron chi connectivity index (χ2n) is 3.60. The number of aromatic nitrogens is 2. The highest BCUT2D eigenvalue weighted by atomic mass is 32.2. The monoisotopic (exact) mass is 264 g/mol. The minimum absolute atomic E-state index is 0.310. The van der Waals surface area contributed by atoms with E-state index in [9.17, 15) is 4.39 Å². The molecule has 1 heterocycles. The Morgan fingerprint density at radius 1 is 1.39 bits per heavy atom. The van der Waals surface area contributed by atoms with Gasteiger partial charge in [-0.15, -0.1) is 22.0 Å². The zero-order valence-corrected chi connectivity index (χ0v) is 10.8. The van der Waals surface area contributed by atoms with E-state index in [0.717, 1.165) is 5.75 Å². The Bertz CT molecular complexity index is 539. The molecule has 18 heavy (non-hydrogen) atoms. The van der Waals surface area contributed by atoms with Crippen molar-refractivity contribution >= 4 is 11.8 Å². The van der Waals surface area contributed by atoms with Crippen molar-refractivity contribution in [3.8, 4) is 11.5 Å². The van der Waals surface area contributed by atoms with Gasteiger partial charge in [-0.2, -0.15) is 0 Å². The van der Waals surface area contributed by atoms with Gasteiger partial charge in [-0.3, -0.25) is 0 Å². The van der Waals surface area contributed by atoms with Crippen molar-refractivity contribution in [1.29, 1.82) is 0 Å². The van der Waals surface area contributed by atoms with Gasteiger partial charge in [0, 0.05) is 11.3 Å². The minimum atomic E-state index is -0.310. The summed E-state index contributed by atoms with van der Waals surface area (Å²) in [4.78, 5) is 0. The van der Waals surface area contributed by atoms with Gasteiger partial charge in [0.2, 0.25) is 11.8 Å². The van der Waals surface area contributed by atoms with E-state index in [4.69, 9.17) is 4.42 Å². The van der Waals surface area contributed by atoms with Gasteiger partial charge in [-0.25, -0.2) is 4.39 Å². The third-order valence-corrected chi connectivity index (χ3v) is 3.09. The number of benzene rings is 1.